The third-order valence-corrected chi connectivity index (χ3v) is 4.48. The molecule has 0 aromatic carbocycles. The van der Waals surface area contributed by atoms with Crippen LogP contribution < -0.4 is 34.7 Å². The molecule has 102 valence electrons. The fraction of sp³-hybridized carbons (Fsp3) is 0.750. The maximum Gasteiger partial charge on any atom is 1.00 e. The first-order valence-corrected chi connectivity index (χ1v) is 7.31. The van der Waals surface area contributed by atoms with E-state index in [4.69, 9.17) is 0 Å². The summed E-state index contributed by atoms with van der Waals surface area (Å²) in [6, 6.07) is -0.757. The Hall–Kier alpha value is -0.0400. The molecule has 1 rings (SSSR count). The Bertz CT molecular complexity index is 376. The van der Waals surface area contributed by atoms with Crippen LogP contribution in [0.15, 0.2) is 4.99 Å². The van der Waals surface area contributed by atoms with E-state index in [1.165, 1.54) is 7.05 Å². The van der Waals surface area contributed by atoms with Gasteiger partial charge in [0.25, 0.3) is 5.91 Å². The first kappa shape index (κ1) is 19.0. The summed E-state index contributed by atoms with van der Waals surface area (Å²) in [5.41, 5.74) is -1.14. The van der Waals surface area contributed by atoms with Crippen molar-refractivity contribution in [2.24, 2.45) is 10.4 Å². The number of rotatable bonds is 6. The smallest absolute Gasteiger partial charge is 0.846 e. The summed E-state index contributed by atoms with van der Waals surface area (Å²) in [4.78, 5) is 28.5. The molecule has 0 spiro atoms. The fourth-order valence-electron chi connectivity index (χ4n) is 1.79. The Kier molecular flexibility index (Phi) is 8.27. The second kappa shape index (κ2) is 8.29. The summed E-state index contributed by atoms with van der Waals surface area (Å²) in [6.07, 6.45) is 2.51. The summed E-state index contributed by atoms with van der Waals surface area (Å²) in [6.45, 7) is 3.88. The number of hydrogen-bond acceptors (Lipinski definition) is 4. The Morgan fingerprint density at radius 2 is 2.00 bits per heavy atom. The van der Waals surface area contributed by atoms with E-state index < -0.39 is 23.3 Å². The molecular formula is C12H19N2NaO3S. The predicted molar refractivity (Wildman–Crippen MR) is 70.2 cm³/mol. The van der Waals surface area contributed by atoms with Crippen LogP contribution in [0.1, 0.15) is 33.1 Å². The molecule has 1 atom stereocenters. The number of aliphatic imine (C=N–C) groups is 1. The minimum absolute atomic E-state index is 0. The van der Waals surface area contributed by atoms with Gasteiger partial charge in [-0.25, -0.2) is 4.99 Å². The van der Waals surface area contributed by atoms with Gasteiger partial charge in [0.05, 0.1) is 6.02 Å². The van der Waals surface area contributed by atoms with Crippen LogP contribution in [0.25, 0.3) is 0 Å². The van der Waals surface area contributed by atoms with Crippen molar-refractivity contribution in [3.63, 3.8) is 0 Å². The van der Waals surface area contributed by atoms with Crippen LogP contribution in [0.5, 0.6) is 0 Å². The monoisotopic (exact) mass is 294 g/mol. The number of thioether (sulfide) groups is 1. The topological polar surface area (TPSA) is 72.8 Å². The molecule has 5 nitrogen and oxygen atoms in total. The van der Waals surface area contributed by atoms with Crippen molar-refractivity contribution in [3.05, 3.63) is 0 Å². The summed E-state index contributed by atoms with van der Waals surface area (Å²) in [7, 11) is 1.38. The Morgan fingerprint density at radius 3 is 2.53 bits per heavy atom. The van der Waals surface area contributed by atoms with Crippen molar-refractivity contribution < 1.29 is 44.3 Å². The Labute approximate surface area is 140 Å². The molecule has 1 heterocycles. The van der Waals surface area contributed by atoms with Crippen LogP contribution in [-0.2, 0) is 9.59 Å². The van der Waals surface area contributed by atoms with Gasteiger partial charge in [-0.2, -0.15) is 11.8 Å². The van der Waals surface area contributed by atoms with E-state index >= 15 is 0 Å². The first-order valence-electron chi connectivity index (χ1n) is 6.15. The van der Waals surface area contributed by atoms with E-state index in [-0.39, 0.29) is 29.6 Å². The van der Waals surface area contributed by atoms with Crippen molar-refractivity contribution in [1.29, 1.82) is 0 Å². The number of hydrogen-bond donors (Lipinski definition) is 0. The number of unbranched alkanes of at least 4 members (excludes halogenated alkanes) is 1. The van der Waals surface area contributed by atoms with Crippen molar-refractivity contribution in [2.45, 2.75) is 33.1 Å². The van der Waals surface area contributed by atoms with Gasteiger partial charge in [-0.05, 0) is 18.6 Å². The van der Waals surface area contributed by atoms with Gasteiger partial charge in [-0.15, -0.1) is 0 Å². The second-order valence-corrected chi connectivity index (χ2v) is 5.51. The van der Waals surface area contributed by atoms with Crippen molar-refractivity contribution >= 4 is 29.6 Å². The van der Waals surface area contributed by atoms with Crippen LogP contribution in [-0.4, -0.2) is 41.3 Å². The van der Waals surface area contributed by atoms with Crippen LogP contribution in [0.3, 0.4) is 0 Å². The predicted octanol–water partition coefficient (Wildman–Crippen LogP) is -2.36. The maximum absolute atomic E-state index is 12.2. The van der Waals surface area contributed by atoms with Gasteiger partial charge >= 0.3 is 29.6 Å². The number of carbonyl (C=O) groups is 2. The fourth-order valence-corrected chi connectivity index (χ4v) is 3.23. The molecule has 0 N–H and O–H groups in total. The van der Waals surface area contributed by atoms with E-state index in [0.29, 0.717) is 12.2 Å². The quantitative estimate of drug-likeness (QED) is 0.312. The average Bonchev–Trinajstić information content (AvgIpc) is 2.36. The third kappa shape index (κ3) is 3.97. The van der Waals surface area contributed by atoms with Crippen LogP contribution in [0.4, 0.5) is 0 Å². The standard InChI is InChI=1S/C12H20N2O3S.Na/c1-4-6-7-18-8-12(5-2)9(15)13-11(17)14(3)10(12)16;/h4-8H2,1-3H3,(H,13,15,17);/q;+1/p-1. The van der Waals surface area contributed by atoms with E-state index in [1.807, 2.05) is 0 Å². The molecule has 19 heavy (non-hydrogen) atoms. The Morgan fingerprint density at radius 1 is 1.37 bits per heavy atom. The molecule has 0 saturated carbocycles. The van der Waals surface area contributed by atoms with Crippen LogP contribution >= 0.6 is 11.8 Å². The summed E-state index contributed by atoms with van der Waals surface area (Å²) in [5, 5.41) is 11.3. The molecule has 0 radical (unpaired) electrons. The van der Waals surface area contributed by atoms with Gasteiger partial charge < -0.3 is 10.0 Å². The molecule has 0 saturated heterocycles. The van der Waals surface area contributed by atoms with Gasteiger partial charge in [-0.3, -0.25) is 9.59 Å². The third-order valence-electron chi connectivity index (χ3n) is 3.20. The van der Waals surface area contributed by atoms with E-state index in [9.17, 15) is 14.7 Å². The zero-order valence-electron chi connectivity index (χ0n) is 12.1. The molecule has 1 unspecified atom stereocenters. The van der Waals surface area contributed by atoms with E-state index in [0.717, 1.165) is 23.5 Å². The number of carbonyl (C=O) groups excluding carboxylic acids is 2. The molecule has 1 aliphatic heterocycles. The first-order chi connectivity index (χ1) is 8.49. The molecule has 0 fully saturated rings. The van der Waals surface area contributed by atoms with Crippen LogP contribution in [0.2, 0.25) is 0 Å². The van der Waals surface area contributed by atoms with E-state index in [2.05, 4.69) is 11.9 Å². The van der Waals surface area contributed by atoms with Crippen molar-refractivity contribution in [2.75, 3.05) is 18.6 Å². The molecule has 0 aliphatic carbocycles. The summed E-state index contributed by atoms with van der Waals surface area (Å²) >= 11 is 1.58. The minimum atomic E-state index is -1.14. The van der Waals surface area contributed by atoms with Crippen molar-refractivity contribution in [1.82, 2.24) is 4.90 Å². The molecule has 1 aliphatic rings. The molecule has 0 bridgehead atoms. The number of amides is 2. The molecular weight excluding hydrogens is 275 g/mol. The Balaban J connectivity index is 0.00000324. The van der Waals surface area contributed by atoms with Gasteiger partial charge in [-0.1, -0.05) is 20.3 Å². The number of amidine groups is 1. The molecule has 0 aromatic heterocycles. The van der Waals surface area contributed by atoms with Gasteiger partial charge in [0, 0.05) is 12.8 Å². The molecule has 7 heteroatoms. The zero-order chi connectivity index (χ0) is 13.8. The van der Waals surface area contributed by atoms with Crippen molar-refractivity contribution in [3.8, 4) is 0 Å². The second-order valence-electron chi connectivity index (χ2n) is 4.41. The molecule has 2 amide bonds. The largest absolute Gasteiger partial charge is 1.00 e. The summed E-state index contributed by atoms with van der Waals surface area (Å²) < 4.78 is 0. The van der Waals surface area contributed by atoms with E-state index in [1.54, 1.807) is 18.7 Å². The molecule has 0 aromatic rings. The minimum Gasteiger partial charge on any atom is -0.846 e. The van der Waals surface area contributed by atoms with Crippen LogP contribution in [0, 0.1) is 5.41 Å². The number of nitrogens with zero attached hydrogens (tertiary/aromatic N) is 2. The van der Waals surface area contributed by atoms with Gasteiger partial charge in [0.15, 0.2) is 0 Å². The zero-order valence-corrected chi connectivity index (χ0v) is 14.9. The SMILES string of the molecule is CCCCSCC1(CC)C(=O)N=C([O-])N(C)C1=O.[Na+]. The van der Waals surface area contributed by atoms with Gasteiger partial charge in [0.2, 0.25) is 5.91 Å². The van der Waals surface area contributed by atoms with Gasteiger partial charge in [0.1, 0.15) is 5.41 Å². The summed E-state index contributed by atoms with van der Waals surface area (Å²) in [5.74, 6) is 0.319. The average molecular weight is 294 g/mol. The normalized spacial score (nSPS) is 23.1. The maximum atomic E-state index is 12.2.